The molecule has 0 spiro atoms. The van der Waals surface area contributed by atoms with E-state index in [0.717, 1.165) is 5.69 Å². The number of imidazole rings is 1. The Morgan fingerprint density at radius 2 is 2.20 bits per heavy atom. The summed E-state index contributed by atoms with van der Waals surface area (Å²) in [6, 6.07) is 8.52. The second-order valence-corrected chi connectivity index (χ2v) is 3.67. The van der Waals surface area contributed by atoms with E-state index in [2.05, 4.69) is 52.0 Å². The van der Waals surface area contributed by atoms with Gasteiger partial charge in [-0.3, -0.25) is 0 Å². The summed E-state index contributed by atoms with van der Waals surface area (Å²) in [5, 5.41) is 1.26. The maximum Gasteiger partial charge on any atom is 0.0924 e. The van der Waals surface area contributed by atoms with Gasteiger partial charge in [0.1, 0.15) is 0 Å². The number of H-pyrrole nitrogens is 1. The second-order valence-electron chi connectivity index (χ2n) is 3.67. The molecular weight excluding hydrogens is 186 g/mol. The molecule has 0 aliphatic heterocycles. The van der Waals surface area contributed by atoms with Crippen LogP contribution >= 0.6 is 0 Å². The van der Waals surface area contributed by atoms with Crippen LogP contribution in [0.5, 0.6) is 0 Å². The number of fused-ring (bicyclic) bond motifs is 1. The van der Waals surface area contributed by atoms with E-state index in [9.17, 15) is 0 Å². The maximum atomic E-state index is 4.03. The quantitative estimate of drug-likeness (QED) is 0.639. The Hall–Kier alpha value is -2.03. The number of hydrogen-bond donors (Lipinski definition) is 1. The third-order valence-electron chi connectivity index (χ3n) is 2.70. The van der Waals surface area contributed by atoms with E-state index in [0.29, 0.717) is 0 Å². The van der Waals surface area contributed by atoms with Crippen LogP contribution in [-0.4, -0.2) is 14.5 Å². The monoisotopic (exact) mass is 197 g/mol. The fraction of sp³-hybridized carbons (Fsp3) is 0.0833. The Morgan fingerprint density at radius 3 is 3.00 bits per heavy atom. The fourth-order valence-electron chi connectivity index (χ4n) is 1.84. The Kier molecular flexibility index (Phi) is 1.65. The number of aromatic amines is 1. The molecule has 0 aliphatic rings. The van der Waals surface area contributed by atoms with Crippen molar-refractivity contribution in [2.45, 2.75) is 0 Å². The number of hydrogen-bond acceptors (Lipinski definition) is 1. The summed E-state index contributed by atoms with van der Waals surface area (Å²) in [5.74, 6) is 0. The van der Waals surface area contributed by atoms with Gasteiger partial charge in [0.25, 0.3) is 0 Å². The molecule has 0 atom stereocenters. The minimum absolute atomic E-state index is 1.05. The third-order valence-corrected chi connectivity index (χ3v) is 2.70. The molecule has 0 saturated heterocycles. The van der Waals surface area contributed by atoms with Gasteiger partial charge >= 0.3 is 0 Å². The summed E-state index contributed by atoms with van der Waals surface area (Å²) in [6.07, 6.45) is 5.61. The van der Waals surface area contributed by atoms with Crippen molar-refractivity contribution in [3.05, 3.63) is 43.0 Å². The molecule has 1 N–H and O–H groups in total. The summed E-state index contributed by atoms with van der Waals surface area (Å²) in [6.45, 7) is 0. The number of aromatic nitrogens is 3. The summed E-state index contributed by atoms with van der Waals surface area (Å²) in [5.41, 5.74) is 3.46. The van der Waals surface area contributed by atoms with E-state index < -0.39 is 0 Å². The van der Waals surface area contributed by atoms with Gasteiger partial charge in [-0.25, -0.2) is 4.98 Å². The van der Waals surface area contributed by atoms with E-state index in [1.54, 1.807) is 6.33 Å². The van der Waals surface area contributed by atoms with Crippen molar-refractivity contribution in [1.82, 2.24) is 14.5 Å². The van der Waals surface area contributed by atoms with E-state index in [-0.39, 0.29) is 0 Å². The molecule has 1 aromatic carbocycles. The minimum atomic E-state index is 1.05. The lowest BCUT2D eigenvalue weighted by Gasteiger charge is -2.00. The molecule has 3 nitrogen and oxygen atoms in total. The van der Waals surface area contributed by atoms with Crippen molar-refractivity contribution in [2.75, 3.05) is 0 Å². The molecule has 0 bridgehead atoms. The number of aryl methyl sites for hydroxylation is 1. The van der Waals surface area contributed by atoms with Gasteiger partial charge in [0.2, 0.25) is 0 Å². The predicted molar refractivity (Wildman–Crippen MR) is 60.5 cm³/mol. The zero-order chi connectivity index (χ0) is 10.3. The van der Waals surface area contributed by atoms with Gasteiger partial charge < -0.3 is 9.55 Å². The van der Waals surface area contributed by atoms with Gasteiger partial charge in [-0.2, -0.15) is 0 Å². The molecule has 0 radical (unpaired) electrons. The van der Waals surface area contributed by atoms with Gasteiger partial charge in [-0.05, 0) is 17.5 Å². The van der Waals surface area contributed by atoms with E-state index in [1.165, 1.54) is 16.5 Å². The molecule has 3 rings (SSSR count). The molecule has 3 heteroatoms. The first-order valence-corrected chi connectivity index (χ1v) is 4.88. The molecule has 15 heavy (non-hydrogen) atoms. The standard InChI is InChI=1S/C12H11N3/c1-15-5-4-9-2-3-10(6-12(9)15)11-7-13-8-14-11/h2-8H,1H3,(H,13,14). The zero-order valence-corrected chi connectivity index (χ0v) is 8.44. The highest BCUT2D eigenvalue weighted by atomic mass is 14.9. The Bertz CT molecular complexity index is 590. The van der Waals surface area contributed by atoms with Crippen molar-refractivity contribution in [3.63, 3.8) is 0 Å². The van der Waals surface area contributed by atoms with Crippen LogP contribution in [-0.2, 0) is 7.05 Å². The molecule has 0 aliphatic carbocycles. The van der Waals surface area contributed by atoms with Crippen LogP contribution in [0.25, 0.3) is 22.2 Å². The first-order chi connectivity index (χ1) is 7.34. The number of nitrogens with zero attached hydrogens (tertiary/aromatic N) is 2. The van der Waals surface area contributed by atoms with Gasteiger partial charge in [0.05, 0.1) is 18.2 Å². The number of rotatable bonds is 1. The van der Waals surface area contributed by atoms with E-state index in [4.69, 9.17) is 0 Å². The summed E-state index contributed by atoms with van der Waals surface area (Å²) >= 11 is 0. The SMILES string of the molecule is Cn1ccc2ccc(-c3cnc[nH]3)cc21. The van der Waals surface area contributed by atoms with Crippen molar-refractivity contribution >= 4 is 10.9 Å². The van der Waals surface area contributed by atoms with Crippen LogP contribution in [0.1, 0.15) is 0 Å². The molecular formula is C12H11N3. The average Bonchev–Trinajstić information content (AvgIpc) is 2.88. The highest BCUT2D eigenvalue weighted by molar-refractivity contribution is 5.84. The lowest BCUT2D eigenvalue weighted by molar-refractivity contribution is 0.969. The second kappa shape index (κ2) is 2.98. The maximum absolute atomic E-state index is 4.03. The molecule has 0 saturated carbocycles. The molecule has 0 unspecified atom stereocenters. The van der Waals surface area contributed by atoms with Crippen molar-refractivity contribution in [1.29, 1.82) is 0 Å². The Balaban J connectivity index is 2.25. The Labute approximate surface area is 87.4 Å². The van der Waals surface area contributed by atoms with Gasteiger partial charge in [-0.15, -0.1) is 0 Å². The number of benzene rings is 1. The van der Waals surface area contributed by atoms with Gasteiger partial charge in [-0.1, -0.05) is 12.1 Å². The van der Waals surface area contributed by atoms with Crippen LogP contribution in [0.3, 0.4) is 0 Å². The largest absolute Gasteiger partial charge is 0.351 e. The van der Waals surface area contributed by atoms with Crippen LogP contribution in [0, 0.1) is 0 Å². The van der Waals surface area contributed by atoms with E-state index in [1.807, 2.05) is 6.20 Å². The minimum Gasteiger partial charge on any atom is -0.351 e. The Morgan fingerprint density at radius 1 is 1.27 bits per heavy atom. The number of nitrogens with one attached hydrogen (secondary N) is 1. The van der Waals surface area contributed by atoms with Crippen molar-refractivity contribution in [3.8, 4) is 11.3 Å². The average molecular weight is 197 g/mol. The molecule has 74 valence electrons. The molecule has 0 fully saturated rings. The van der Waals surface area contributed by atoms with Crippen molar-refractivity contribution < 1.29 is 0 Å². The smallest absolute Gasteiger partial charge is 0.0924 e. The first-order valence-electron chi connectivity index (χ1n) is 4.88. The first kappa shape index (κ1) is 8.29. The van der Waals surface area contributed by atoms with Crippen LogP contribution in [0.4, 0.5) is 0 Å². The normalized spacial score (nSPS) is 11.0. The fourth-order valence-corrected chi connectivity index (χ4v) is 1.84. The summed E-state index contributed by atoms with van der Waals surface area (Å²) in [7, 11) is 2.05. The van der Waals surface area contributed by atoms with Gasteiger partial charge in [0.15, 0.2) is 0 Å². The van der Waals surface area contributed by atoms with Crippen LogP contribution in [0.2, 0.25) is 0 Å². The lowest BCUT2D eigenvalue weighted by atomic mass is 10.1. The van der Waals surface area contributed by atoms with Crippen molar-refractivity contribution in [2.24, 2.45) is 7.05 Å². The molecule has 3 aromatic rings. The highest BCUT2D eigenvalue weighted by Crippen LogP contribution is 2.22. The third kappa shape index (κ3) is 1.24. The summed E-state index contributed by atoms with van der Waals surface area (Å²) < 4.78 is 2.12. The lowest BCUT2D eigenvalue weighted by Crippen LogP contribution is -1.84. The predicted octanol–water partition coefficient (Wildman–Crippen LogP) is 2.57. The molecule has 2 aromatic heterocycles. The molecule has 2 heterocycles. The highest BCUT2D eigenvalue weighted by Gasteiger charge is 2.02. The van der Waals surface area contributed by atoms with Crippen LogP contribution in [0.15, 0.2) is 43.0 Å². The van der Waals surface area contributed by atoms with Crippen LogP contribution < -0.4 is 0 Å². The van der Waals surface area contributed by atoms with E-state index >= 15 is 0 Å². The summed E-state index contributed by atoms with van der Waals surface area (Å²) in [4.78, 5) is 7.14. The zero-order valence-electron chi connectivity index (χ0n) is 8.44. The molecule has 0 amide bonds. The topological polar surface area (TPSA) is 33.6 Å². The van der Waals surface area contributed by atoms with Gasteiger partial charge in [0, 0.05) is 24.3 Å².